The van der Waals surface area contributed by atoms with Gasteiger partial charge in [-0.05, 0) is 30.7 Å². The van der Waals surface area contributed by atoms with Gasteiger partial charge in [-0.3, -0.25) is 9.69 Å². The highest BCUT2D eigenvalue weighted by atomic mass is 16.3. The maximum Gasteiger partial charge on any atom is 0.259 e. The van der Waals surface area contributed by atoms with Crippen molar-refractivity contribution in [3.63, 3.8) is 0 Å². The summed E-state index contributed by atoms with van der Waals surface area (Å²) in [5.74, 6) is 0.0447. The fourth-order valence-electron chi connectivity index (χ4n) is 5.14. The molecule has 3 aromatic rings. The van der Waals surface area contributed by atoms with Crippen LogP contribution in [0.2, 0.25) is 0 Å². The van der Waals surface area contributed by atoms with E-state index in [0.717, 1.165) is 43.6 Å². The van der Waals surface area contributed by atoms with Crippen LogP contribution in [0.1, 0.15) is 35.2 Å². The molecular formula is C21H27N5O3. The van der Waals surface area contributed by atoms with E-state index < -0.39 is 0 Å². The Balaban J connectivity index is 1.27. The first-order valence-corrected chi connectivity index (χ1v) is 10.2. The van der Waals surface area contributed by atoms with Crippen LogP contribution >= 0.6 is 0 Å². The highest BCUT2D eigenvalue weighted by Crippen LogP contribution is 2.40. The molecule has 0 saturated carbocycles. The molecule has 8 heteroatoms. The molecule has 2 saturated heterocycles. The Bertz CT molecular complexity index is 997. The van der Waals surface area contributed by atoms with E-state index in [-0.39, 0.29) is 17.4 Å². The molecule has 3 aromatic heterocycles. The van der Waals surface area contributed by atoms with E-state index in [4.69, 9.17) is 4.42 Å². The van der Waals surface area contributed by atoms with Crippen molar-refractivity contribution in [2.24, 2.45) is 12.5 Å². The van der Waals surface area contributed by atoms with Gasteiger partial charge in [0.1, 0.15) is 11.2 Å². The van der Waals surface area contributed by atoms with Gasteiger partial charge in [0, 0.05) is 57.7 Å². The van der Waals surface area contributed by atoms with Gasteiger partial charge in [-0.15, -0.1) is 0 Å². The largest absolute Gasteiger partial charge is 0.472 e. The fourth-order valence-corrected chi connectivity index (χ4v) is 5.14. The van der Waals surface area contributed by atoms with Gasteiger partial charge in [0.25, 0.3) is 5.91 Å². The van der Waals surface area contributed by atoms with Gasteiger partial charge in [-0.2, -0.15) is 5.10 Å². The Morgan fingerprint density at radius 2 is 2.17 bits per heavy atom. The van der Waals surface area contributed by atoms with E-state index in [2.05, 4.69) is 10.00 Å². The summed E-state index contributed by atoms with van der Waals surface area (Å²) in [5.41, 5.74) is 2.68. The number of amides is 1. The number of carbonyl (C=O) groups excluding carboxylic acids is 1. The van der Waals surface area contributed by atoms with Crippen LogP contribution in [0.15, 0.2) is 41.6 Å². The van der Waals surface area contributed by atoms with Crippen molar-refractivity contribution in [2.75, 3.05) is 26.2 Å². The lowest BCUT2D eigenvalue weighted by Crippen LogP contribution is -2.54. The Labute approximate surface area is 169 Å². The lowest BCUT2D eigenvalue weighted by Gasteiger charge is -2.49. The molecule has 1 N–H and O–H groups in total. The van der Waals surface area contributed by atoms with E-state index in [9.17, 15) is 9.90 Å². The molecule has 2 aliphatic heterocycles. The van der Waals surface area contributed by atoms with Crippen LogP contribution in [0.4, 0.5) is 0 Å². The fraction of sp³-hybridized carbons (Fsp3) is 0.524. The van der Waals surface area contributed by atoms with Crippen molar-refractivity contribution in [1.29, 1.82) is 0 Å². The number of aliphatic hydroxyl groups is 1. The smallest absolute Gasteiger partial charge is 0.259 e. The molecule has 0 aliphatic carbocycles. The molecule has 5 rings (SSSR count). The minimum absolute atomic E-state index is 0.0447. The number of aromatic nitrogens is 3. The molecule has 154 valence electrons. The zero-order valence-electron chi connectivity index (χ0n) is 16.7. The summed E-state index contributed by atoms with van der Waals surface area (Å²) >= 11 is 0. The van der Waals surface area contributed by atoms with E-state index in [1.807, 2.05) is 35.0 Å². The molecule has 29 heavy (non-hydrogen) atoms. The van der Waals surface area contributed by atoms with Crippen LogP contribution in [0, 0.1) is 5.41 Å². The third kappa shape index (κ3) is 3.36. The highest BCUT2D eigenvalue weighted by molar-refractivity contribution is 5.99. The summed E-state index contributed by atoms with van der Waals surface area (Å²) in [5, 5.41) is 14.8. The number of aliphatic hydroxyl groups excluding tert-OH is 1. The summed E-state index contributed by atoms with van der Waals surface area (Å²) < 4.78 is 8.85. The lowest BCUT2D eigenvalue weighted by molar-refractivity contribution is -0.0404. The molecule has 1 unspecified atom stereocenters. The van der Waals surface area contributed by atoms with Gasteiger partial charge < -0.3 is 19.0 Å². The summed E-state index contributed by atoms with van der Waals surface area (Å²) in [4.78, 5) is 17.4. The van der Waals surface area contributed by atoms with Crippen LogP contribution in [-0.2, 0) is 13.6 Å². The Hall–Kier alpha value is -2.58. The molecule has 5 heterocycles. The SMILES string of the molecule is Cn1ccn2ncc(C(=O)N3CCC4(CC3)CC(O)CN(Cc3ccoc3)C4)c12. The van der Waals surface area contributed by atoms with Gasteiger partial charge in [0.2, 0.25) is 0 Å². The summed E-state index contributed by atoms with van der Waals surface area (Å²) in [6.45, 7) is 3.87. The predicted molar refractivity (Wildman–Crippen MR) is 106 cm³/mol. The zero-order valence-corrected chi connectivity index (χ0v) is 16.7. The van der Waals surface area contributed by atoms with Crippen molar-refractivity contribution < 1.29 is 14.3 Å². The number of rotatable bonds is 3. The van der Waals surface area contributed by atoms with Gasteiger partial charge in [0.05, 0.1) is 24.8 Å². The van der Waals surface area contributed by atoms with Gasteiger partial charge in [-0.1, -0.05) is 0 Å². The zero-order chi connectivity index (χ0) is 20.0. The molecule has 1 amide bonds. The van der Waals surface area contributed by atoms with Gasteiger partial charge in [-0.25, -0.2) is 4.52 Å². The first kappa shape index (κ1) is 18.4. The van der Waals surface area contributed by atoms with Gasteiger partial charge in [0.15, 0.2) is 0 Å². The van der Waals surface area contributed by atoms with Crippen molar-refractivity contribution in [3.05, 3.63) is 48.3 Å². The van der Waals surface area contributed by atoms with Crippen LogP contribution in [-0.4, -0.2) is 67.3 Å². The number of piperidine rings is 2. The number of β-amino-alcohol motifs (C(OH)–C–C–N with tert-alkyl or cyclic N) is 1. The number of carbonyl (C=O) groups is 1. The number of imidazole rings is 1. The van der Waals surface area contributed by atoms with Crippen LogP contribution in [0.25, 0.3) is 5.65 Å². The Kier molecular flexibility index (Phi) is 4.48. The topological polar surface area (TPSA) is 79.1 Å². The maximum absolute atomic E-state index is 13.1. The number of hydrogen-bond donors (Lipinski definition) is 1. The first-order valence-electron chi connectivity index (χ1n) is 10.2. The average molecular weight is 397 g/mol. The standard InChI is InChI=1S/C21H27N5O3/c1-23-7-8-26-19(23)18(11-22-26)20(28)25-5-3-21(4-6-25)10-17(27)13-24(15-21)12-16-2-9-29-14-16/h2,7-9,11,14,17,27H,3-6,10,12-13,15H2,1H3. The van der Waals surface area contributed by atoms with Gasteiger partial charge >= 0.3 is 0 Å². The average Bonchev–Trinajstić information content (AvgIpc) is 3.41. The van der Waals surface area contributed by atoms with Crippen LogP contribution in [0.3, 0.4) is 0 Å². The van der Waals surface area contributed by atoms with E-state index >= 15 is 0 Å². The second kappa shape index (κ2) is 7.03. The minimum atomic E-state index is -0.323. The number of nitrogens with zero attached hydrogens (tertiary/aromatic N) is 5. The Morgan fingerprint density at radius 3 is 2.93 bits per heavy atom. The molecule has 0 bridgehead atoms. The third-order valence-electron chi connectivity index (χ3n) is 6.56. The normalized spacial score (nSPS) is 22.6. The van der Waals surface area contributed by atoms with Crippen LogP contribution < -0.4 is 0 Å². The van der Waals surface area contributed by atoms with Crippen molar-refractivity contribution in [3.8, 4) is 0 Å². The molecule has 0 aromatic carbocycles. The number of aryl methyl sites for hydroxylation is 1. The molecule has 2 fully saturated rings. The van der Waals surface area contributed by atoms with Crippen molar-refractivity contribution in [2.45, 2.75) is 31.9 Å². The third-order valence-corrected chi connectivity index (χ3v) is 6.56. The highest BCUT2D eigenvalue weighted by Gasteiger charge is 2.42. The van der Waals surface area contributed by atoms with Crippen LogP contribution in [0.5, 0.6) is 0 Å². The lowest BCUT2D eigenvalue weighted by atomic mass is 9.71. The summed E-state index contributed by atoms with van der Waals surface area (Å²) in [6, 6.07) is 1.98. The number of furan rings is 1. The molecular weight excluding hydrogens is 370 g/mol. The predicted octanol–water partition coefficient (Wildman–Crippen LogP) is 1.75. The molecule has 1 spiro atoms. The molecule has 8 nitrogen and oxygen atoms in total. The maximum atomic E-state index is 13.1. The van der Waals surface area contributed by atoms with Crippen molar-refractivity contribution >= 4 is 11.6 Å². The second-order valence-corrected chi connectivity index (χ2v) is 8.69. The number of hydrogen-bond acceptors (Lipinski definition) is 5. The molecule has 2 aliphatic rings. The summed E-state index contributed by atoms with van der Waals surface area (Å²) in [6.07, 6.45) is 11.2. The quantitative estimate of drug-likeness (QED) is 0.729. The number of likely N-dealkylation sites (tertiary alicyclic amines) is 2. The molecule has 0 radical (unpaired) electrons. The minimum Gasteiger partial charge on any atom is -0.472 e. The molecule has 1 atom stereocenters. The first-order chi connectivity index (χ1) is 14.0. The number of fused-ring (bicyclic) bond motifs is 1. The van der Waals surface area contributed by atoms with E-state index in [1.165, 1.54) is 0 Å². The second-order valence-electron chi connectivity index (χ2n) is 8.69. The monoisotopic (exact) mass is 397 g/mol. The summed E-state index contributed by atoms with van der Waals surface area (Å²) in [7, 11) is 1.93. The Morgan fingerprint density at radius 1 is 1.34 bits per heavy atom. The van der Waals surface area contributed by atoms with Crippen molar-refractivity contribution in [1.82, 2.24) is 24.0 Å². The van der Waals surface area contributed by atoms with E-state index in [0.29, 0.717) is 25.2 Å². The van der Waals surface area contributed by atoms with E-state index in [1.54, 1.807) is 23.2 Å².